The number of methoxy groups -OCH3 is 3. The molecule has 0 N–H and O–H groups in total. The zero-order valence-electron chi connectivity index (χ0n) is 11.2. The molecule has 0 heterocycles. The normalized spacial score (nSPS) is 35.6. The summed E-state index contributed by atoms with van der Waals surface area (Å²) in [6, 6.07) is 0. The Labute approximate surface area is 99.5 Å². The second-order valence-electron chi connectivity index (χ2n) is 5.22. The molecule has 1 aliphatic rings. The maximum Gasteiger partial charge on any atom is 0.109 e. The zero-order chi connectivity index (χ0) is 12.1. The smallest absolute Gasteiger partial charge is 0.109 e. The maximum atomic E-state index is 5.53. The van der Waals surface area contributed by atoms with Gasteiger partial charge >= 0.3 is 0 Å². The first-order valence-corrected chi connectivity index (χ1v) is 6.20. The molecule has 3 nitrogen and oxygen atoms in total. The van der Waals surface area contributed by atoms with Crippen LogP contribution < -0.4 is 0 Å². The average Bonchev–Trinajstić information content (AvgIpc) is 2.26. The van der Waals surface area contributed by atoms with Crippen molar-refractivity contribution in [3.63, 3.8) is 0 Å². The fraction of sp³-hybridized carbons (Fsp3) is 1.00. The van der Waals surface area contributed by atoms with Crippen LogP contribution in [-0.4, -0.2) is 39.6 Å². The van der Waals surface area contributed by atoms with Crippen LogP contribution in [0.4, 0.5) is 0 Å². The molecule has 1 aliphatic carbocycles. The highest BCUT2D eigenvalue weighted by Gasteiger charge is 2.38. The van der Waals surface area contributed by atoms with Crippen LogP contribution in [0.3, 0.4) is 0 Å². The topological polar surface area (TPSA) is 27.7 Å². The van der Waals surface area contributed by atoms with Crippen LogP contribution in [0.25, 0.3) is 0 Å². The third-order valence-corrected chi connectivity index (χ3v) is 3.55. The second-order valence-corrected chi connectivity index (χ2v) is 5.22. The van der Waals surface area contributed by atoms with Gasteiger partial charge in [-0.3, -0.25) is 0 Å². The Morgan fingerprint density at radius 2 is 1.44 bits per heavy atom. The van der Waals surface area contributed by atoms with E-state index in [1.165, 1.54) is 6.42 Å². The molecular formula is C13H26O3. The Balaban J connectivity index is 2.62. The molecule has 1 saturated carbocycles. The number of ether oxygens (including phenoxy) is 3. The van der Waals surface area contributed by atoms with E-state index in [0.717, 1.165) is 18.8 Å². The molecule has 96 valence electrons. The van der Waals surface area contributed by atoms with Gasteiger partial charge < -0.3 is 14.2 Å². The quantitative estimate of drug-likeness (QED) is 0.726. The van der Waals surface area contributed by atoms with Gasteiger partial charge in [-0.05, 0) is 31.1 Å². The van der Waals surface area contributed by atoms with Gasteiger partial charge in [0.15, 0.2) is 0 Å². The Bertz CT molecular complexity index is 180. The van der Waals surface area contributed by atoms with Crippen LogP contribution in [0.5, 0.6) is 0 Å². The zero-order valence-corrected chi connectivity index (χ0v) is 11.2. The highest BCUT2D eigenvalue weighted by molar-refractivity contribution is 4.89. The summed E-state index contributed by atoms with van der Waals surface area (Å²) < 4.78 is 16.6. The van der Waals surface area contributed by atoms with Crippen molar-refractivity contribution in [2.75, 3.05) is 21.3 Å². The van der Waals surface area contributed by atoms with E-state index in [2.05, 4.69) is 13.8 Å². The molecule has 0 aromatic carbocycles. The van der Waals surface area contributed by atoms with Crippen molar-refractivity contribution >= 4 is 0 Å². The van der Waals surface area contributed by atoms with Gasteiger partial charge in [-0.15, -0.1) is 0 Å². The first-order chi connectivity index (χ1) is 7.62. The summed E-state index contributed by atoms with van der Waals surface area (Å²) >= 11 is 0. The van der Waals surface area contributed by atoms with E-state index in [1.54, 1.807) is 21.3 Å². The molecule has 2 atom stereocenters. The number of hydrogen-bond acceptors (Lipinski definition) is 3. The van der Waals surface area contributed by atoms with Crippen LogP contribution in [0.2, 0.25) is 0 Å². The van der Waals surface area contributed by atoms with E-state index in [0.29, 0.717) is 5.92 Å². The van der Waals surface area contributed by atoms with E-state index in [1.807, 2.05) is 0 Å². The fourth-order valence-corrected chi connectivity index (χ4v) is 2.88. The van der Waals surface area contributed by atoms with Crippen molar-refractivity contribution in [1.82, 2.24) is 0 Å². The summed E-state index contributed by atoms with van der Waals surface area (Å²) in [6.07, 6.45) is 3.86. The molecule has 0 aromatic rings. The van der Waals surface area contributed by atoms with Crippen molar-refractivity contribution in [3.05, 3.63) is 0 Å². The Hall–Kier alpha value is -0.120. The summed E-state index contributed by atoms with van der Waals surface area (Å²) in [5, 5.41) is 0. The molecule has 1 rings (SSSR count). The van der Waals surface area contributed by atoms with Crippen molar-refractivity contribution < 1.29 is 14.2 Å². The number of hydrogen-bond donors (Lipinski definition) is 0. The molecule has 0 aromatic heterocycles. The minimum atomic E-state index is 0.0819. The fourth-order valence-electron chi connectivity index (χ4n) is 2.88. The Kier molecular flexibility index (Phi) is 5.73. The van der Waals surface area contributed by atoms with Gasteiger partial charge in [0, 0.05) is 21.3 Å². The van der Waals surface area contributed by atoms with Gasteiger partial charge in [0.25, 0.3) is 0 Å². The van der Waals surface area contributed by atoms with Crippen molar-refractivity contribution in [2.24, 2.45) is 11.8 Å². The van der Waals surface area contributed by atoms with Gasteiger partial charge in [-0.2, -0.15) is 0 Å². The summed E-state index contributed by atoms with van der Waals surface area (Å²) in [7, 11) is 5.27. The van der Waals surface area contributed by atoms with Crippen LogP contribution in [-0.2, 0) is 14.2 Å². The largest absolute Gasteiger partial charge is 0.379 e. The lowest BCUT2D eigenvalue weighted by molar-refractivity contribution is -0.141. The average molecular weight is 230 g/mol. The molecule has 1 fully saturated rings. The molecule has 3 heteroatoms. The molecule has 0 amide bonds. The van der Waals surface area contributed by atoms with Gasteiger partial charge in [0.2, 0.25) is 0 Å². The van der Waals surface area contributed by atoms with Gasteiger partial charge in [0.05, 0.1) is 12.2 Å². The summed E-state index contributed by atoms with van der Waals surface area (Å²) in [5.74, 6) is 1.43. The molecule has 0 radical (unpaired) electrons. The minimum Gasteiger partial charge on any atom is -0.379 e. The molecule has 0 aliphatic heterocycles. The van der Waals surface area contributed by atoms with Gasteiger partial charge in [0.1, 0.15) is 6.10 Å². The van der Waals surface area contributed by atoms with E-state index in [9.17, 15) is 0 Å². The van der Waals surface area contributed by atoms with Crippen LogP contribution in [0.1, 0.15) is 33.1 Å². The minimum absolute atomic E-state index is 0.0819. The molecule has 16 heavy (non-hydrogen) atoms. The van der Waals surface area contributed by atoms with Crippen molar-refractivity contribution in [3.8, 4) is 0 Å². The first kappa shape index (κ1) is 13.9. The van der Waals surface area contributed by atoms with Gasteiger partial charge in [-0.25, -0.2) is 0 Å². The third kappa shape index (κ3) is 3.44. The van der Waals surface area contributed by atoms with Crippen LogP contribution in [0.15, 0.2) is 0 Å². The van der Waals surface area contributed by atoms with Crippen LogP contribution >= 0.6 is 0 Å². The van der Waals surface area contributed by atoms with E-state index >= 15 is 0 Å². The Morgan fingerprint density at radius 1 is 0.938 bits per heavy atom. The van der Waals surface area contributed by atoms with Crippen molar-refractivity contribution in [2.45, 2.75) is 51.4 Å². The predicted octanol–water partition coefficient (Wildman–Crippen LogP) is 2.49. The molecule has 2 unspecified atom stereocenters. The van der Waals surface area contributed by atoms with Crippen LogP contribution in [0, 0.1) is 11.8 Å². The lowest BCUT2D eigenvalue weighted by atomic mass is 9.79. The maximum absolute atomic E-state index is 5.53. The molecule has 0 bridgehead atoms. The Morgan fingerprint density at radius 3 is 1.75 bits per heavy atom. The lowest BCUT2D eigenvalue weighted by Gasteiger charge is -2.40. The highest BCUT2D eigenvalue weighted by Crippen LogP contribution is 2.33. The molecular weight excluding hydrogens is 204 g/mol. The monoisotopic (exact) mass is 230 g/mol. The second kappa shape index (κ2) is 6.58. The summed E-state index contributed by atoms with van der Waals surface area (Å²) in [5.41, 5.74) is 0. The summed E-state index contributed by atoms with van der Waals surface area (Å²) in [6.45, 7) is 4.54. The molecule has 0 saturated heterocycles. The van der Waals surface area contributed by atoms with E-state index in [-0.39, 0.29) is 18.3 Å². The highest BCUT2D eigenvalue weighted by atomic mass is 16.6. The summed E-state index contributed by atoms with van der Waals surface area (Å²) in [4.78, 5) is 0. The molecule has 0 spiro atoms. The lowest BCUT2D eigenvalue weighted by Crippen LogP contribution is -2.47. The standard InChI is InChI=1S/C13H26O3/c1-9(2)6-10-7-11(14-3)13(16-5)12(8-10)15-4/h9-13H,6-8H2,1-5H3. The first-order valence-electron chi connectivity index (χ1n) is 6.20. The number of rotatable bonds is 5. The van der Waals surface area contributed by atoms with Gasteiger partial charge in [-0.1, -0.05) is 13.8 Å². The predicted molar refractivity (Wildman–Crippen MR) is 64.6 cm³/mol. The van der Waals surface area contributed by atoms with E-state index < -0.39 is 0 Å². The SMILES string of the molecule is COC1CC(CC(C)C)CC(OC)C1OC. The third-order valence-electron chi connectivity index (χ3n) is 3.55. The van der Waals surface area contributed by atoms with Crippen molar-refractivity contribution in [1.29, 1.82) is 0 Å². The van der Waals surface area contributed by atoms with E-state index in [4.69, 9.17) is 14.2 Å².